The van der Waals surface area contributed by atoms with Gasteiger partial charge in [0.2, 0.25) is 5.91 Å². The molecule has 0 aliphatic carbocycles. The fourth-order valence-corrected chi connectivity index (χ4v) is 4.20. The molecule has 0 spiro atoms. The number of urea groups is 1. The maximum absolute atomic E-state index is 13.5. The Bertz CT molecular complexity index is 1240. The molecule has 0 saturated heterocycles. The predicted octanol–water partition coefficient (Wildman–Crippen LogP) is 5.68. The monoisotopic (exact) mass is 468 g/mol. The first-order valence-electron chi connectivity index (χ1n) is 12.1. The van der Waals surface area contributed by atoms with Crippen LogP contribution in [0.4, 0.5) is 10.5 Å². The number of hydrogen-bond acceptors (Lipinski definition) is 2. The van der Waals surface area contributed by atoms with Crippen molar-refractivity contribution in [1.82, 2.24) is 14.8 Å². The van der Waals surface area contributed by atoms with Gasteiger partial charge in [-0.05, 0) is 42.2 Å². The van der Waals surface area contributed by atoms with Crippen LogP contribution in [0.5, 0.6) is 0 Å². The number of aromatic nitrogens is 1. The van der Waals surface area contributed by atoms with Crippen molar-refractivity contribution in [1.29, 1.82) is 0 Å². The molecule has 3 aromatic carbocycles. The van der Waals surface area contributed by atoms with Gasteiger partial charge in [-0.2, -0.15) is 0 Å². The summed E-state index contributed by atoms with van der Waals surface area (Å²) in [6, 6.07) is 27.2. The molecular weight excluding hydrogens is 436 g/mol. The first kappa shape index (κ1) is 24.1. The molecule has 1 heterocycles. The molecule has 180 valence electrons. The van der Waals surface area contributed by atoms with Crippen LogP contribution in [0.15, 0.2) is 91.1 Å². The minimum Gasteiger partial charge on any atom is -0.361 e. The average Bonchev–Trinajstić information content (AvgIpc) is 3.30. The van der Waals surface area contributed by atoms with Crippen LogP contribution in [0.1, 0.15) is 24.5 Å². The summed E-state index contributed by atoms with van der Waals surface area (Å²) in [7, 11) is 0. The van der Waals surface area contributed by atoms with E-state index in [1.54, 1.807) is 4.90 Å². The van der Waals surface area contributed by atoms with Gasteiger partial charge in [0.1, 0.15) is 6.54 Å². The maximum Gasteiger partial charge on any atom is 0.322 e. The molecule has 0 unspecified atom stereocenters. The van der Waals surface area contributed by atoms with Crippen molar-refractivity contribution >= 4 is 28.5 Å². The van der Waals surface area contributed by atoms with Crippen molar-refractivity contribution in [2.45, 2.75) is 26.3 Å². The second-order valence-corrected chi connectivity index (χ2v) is 8.63. The van der Waals surface area contributed by atoms with Crippen LogP contribution in [0.25, 0.3) is 10.9 Å². The van der Waals surface area contributed by atoms with E-state index in [9.17, 15) is 9.59 Å². The Hall–Kier alpha value is -4.06. The van der Waals surface area contributed by atoms with Crippen molar-refractivity contribution in [3.63, 3.8) is 0 Å². The SMILES string of the molecule is CCCN(CC(=O)N(CCc1c[nH]c2ccccc12)Cc1ccccc1)C(=O)Nc1ccccc1. The first-order valence-corrected chi connectivity index (χ1v) is 12.1. The number of carbonyl (C=O) groups is 2. The number of benzene rings is 3. The normalized spacial score (nSPS) is 10.8. The summed E-state index contributed by atoms with van der Waals surface area (Å²) < 4.78 is 0. The minimum atomic E-state index is -0.261. The summed E-state index contributed by atoms with van der Waals surface area (Å²) in [6.45, 7) is 3.61. The van der Waals surface area contributed by atoms with Crippen LogP contribution >= 0.6 is 0 Å². The van der Waals surface area contributed by atoms with Gasteiger partial charge in [-0.15, -0.1) is 0 Å². The molecule has 1 aromatic heterocycles. The molecule has 0 fully saturated rings. The second-order valence-electron chi connectivity index (χ2n) is 8.63. The first-order chi connectivity index (χ1) is 17.1. The lowest BCUT2D eigenvalue weighted by Crippen LogP contribution is -2.45. The molecule has 6 heteroatoms. The number of nitrogens with one attached hydrogen (secondary N) is 2. The van der Waals surface area contributed by atoms with Crippen LogP contribution < -0.4 is 5.32 Å². The summed E-state index contributed by atoms with van der Waals surface area (Å²) in [5.74, 6) is -0.0645. The Morgan fingerprint density at radius 2 is 1.51 bits per heavy atom. The average molecular weight is 469 g/mol. The van der Waals surface area contributed by atoms with Gasteiger partial charge < -0.3 is 20.1 Å². The summed E-state index contributed by atoms with van der Waals surface area (Å²) in [5, 5.41) is 4.08. The lowest BCUT2D eigenvalue weighted by molar-refractivity contribution is -0.132. The van der Waals surface area contributed by atoms with Crippen molar-refractivity contribution < 1.29 is 9.59 Å². The van der Waals surface area contributed by atoms with Gasteiger partial charge in [-0.3, -0.25) is 4.79 Å². The van der Waals surface area contributed by atoms with E-state index in [-0.39, 0.29) is 18.5 Å². The van der Waals surface area contributed by atoms with Gasteiger partial charge in [-0.1, -0.05) is 73.7 Å². The van der Waals surface area contributed by atoms with Crippen LogP contribution in [-0.4, -0.2) is 46.4 Å². The van der Waals surface area contributed by atoms with E-state index in [0.29, 0.717) is 25.3 Å². The van der Waals surface area contributed by atoms with Crippen molar-refractivity contribution in [3.05, 3.63) is 102 Å². The largest absolute Gasteiger partial charge is 0.361 e. The number of nitrogens with zero attached hydrogens (tertiary/aromatic N) is 2. The van der Waals surface area contributed by atoms with Crippen LogP contribution in [0, 0.1) is 0 Å². The van der Waals surface area contributed by atoms with E-state index in [2.05, 4.69) is 22.4 Å². The number of aromatic amines is 1. The third-order valence-corrected chi connectivity index (χ3v) is 6.03. The van der Waals surface area contributed by atoms with Crippen molar-refractivity contribution in [2.24, 2.45) is 0 Å². The summed E-state index contributed by atoms with van der Waals surface area (Å²) in [6.07, 6.45) is 3.52. The van der Waals surface area contributed by atoms with Gasteiger partial charge in [0, 0.05) is 42.4 Å². The summed E-state index contributed by atoms with van der Waals surface area (Å²) in [4.78, 5) is 33.2. The Morgan fingerprint density at radius 3 is 2.26 bits per heavy atom. The highest BCUT2D eigenvalue weighted by Gasteiger charge is 2.21. The van der Waals surface area contributed by atoms with E-state index in [1.165, 1.54) is 10.9 Å². The van der Waals surface area contributed by atoms with E-state index < -0.39 is 0 Å². The molecule has 6 nitrogen and oxygen atoms in total. The van der Waals surface area contributed by atoms with E-state index in [4.69, 9.17) is 0 Å². The fraction of sp³-hybridized carbons (Fsp3) is 0.241. The number of para-hydroxylation sites is 2. The second kappa shape index (κ2) is 11.9. The van der Waals surface area contributed by atoms with Crippen LogP contribution in [0.3, 0.4) is 0 Å². The molecule has 4 aromatic rings. The number of amides is 3. The Morgan fingerprint density at radius 1 is 0.829 bits per heavy atom. The Labute approximate surface area is 206 Å². The molecular formula is C29H32N4O2. The fourth-order valence-electron chi connectivity index (χ4n) is 4.20. The molecule has 0 atom stereocenters. The number of fused-ring (bicyclic) bond motifs is 1. The number of hydrogen-bond donors (Lipinski definition) is 2. The zero-order chi connectivity index (χ0) is 24.5. The number of H-pyrrole nitrogens is 1. The quantitative estimate of drug-likeness (QED) is 0.314. The molecule has 0 radical (unpaired) electrons. The lowest BCUT2D eigenvalue weighted by atomic mass is 10.1. The maximum atomic E-state index is 13.5. The summed E-state index contributed by atoms with van der Waals surface area (Å²) in [5.41, 5.74) is 4.05. The Kier molecular flexibility index (Phi) is 8.17. The lowest BCUT2D eigenvalue weighted by Gasteiger charge is -2.28. The topological polar surface area (TPSA) is 68.4 Å². The smallest absolute Gasteiger partial charge is 0.322 e. The molecule has 3 amide bonds. The standard InChI is InChI=1S/C29H32N4O2/c1-2-18-33(29(35)31-25-13-7-4-8-14-25)22-28(34)32(21-23-11-5-3-6-12-23)19-17-24-20-30-27-16-10-9-15-26(24)27/h3-16,20,30H,2,17-19,21-22H2,1H3,(H,31,35). The highest BCUT2D eigenvalue weighted by atomic mass is 16.2. The van der Waals surface area contributed by atoms with Gasteiger partial charge in [0.05, 0.1) is 0 Å². The van der Waals surface area contributed by atoms with Crippen molar-refractivity contribution in [2.75, 3.05) is 25.0 Å². The Balaban J connectivity index is 1.48. The molecule has 35 heavy (non-hydrogen) atoms. The third-order valence-electron chi connectivity index (χ3n) is 6.03. The highest BCUT2D eigenvalue weighted by molar-refractivity contribution is 5.92. The van der Waals surface area contributed by atoms with Gasteiger partial charge >= 0.3 is 6.03 Å². The number of anilines is 1. The van der Waals surface area contributed by atoms with E-state index in [1.807, 2.05) is 90.8 Å². The van der Waals surface area contributed by atoms with Crippen LogP contribution in [0.2, 0.25) is 0 Å². The third kappa shape index (κ3) is 6.51. The van der Waals surface area contributed by atoms with Gasteiger partial charge in [-0.25, -0.2) is 4.79 Å². The molecule has 0 bridgehead atoms. The molecule has 0 aliphatic heterocycles. The molecule has 0 saturated carbocycles. The van der Waals surface area contributed by atoms with E-state index >= 15 is 0 Å². The van der Waals surface area contributed by atoms with Gasteiger partial charge in [0.15, 0.2) is 0 Å². The van der Waals surface area contributed by atoms with Crippen molar-refractivity contribution in [3.8, 4) is 0 Å². The zero-order valence-corrected chi connectivity index (χ0v) is 20.1. The predicted molar refractivity (Wildman–Crippen MR) is 141 cm³/mol. The molecule has 0 aliphatic rings. The molecule has 2 N–H and O–H groups in total. The summed E-state index contributed by atoms with van der Waals surface area (Å²) >= 11 is 0. The van der Waals surface area contributed by atoms with Crippen LogP contribution in [-0.2, 0) is 17.8 Å². The minimum absolute atomic E-state index is 0.0349. The number of carbonyl (C=O) groups excluding carboxylic acids is 2. The zero-order valence-electron chi connectivity index (χ0n) is 20.1. The number of rotatable bonds is 10. The molecule has 4 rings (SSSR count). The highest BCUT2D eigenvalue weighted by Crippen LogP contribution is 2.19. The van der Waals surface area contributed by atoms with Gasteiger partial charge in [0.25, 0.3) is 0 Å². The van der Waals surface area contributed by atoms with E-state index in [0.717, 1.165) is 23.9 Å².